The highest BCUT2D eigenvalue weighted by Gasteiger charge is 2.07. The lowest BCUT2D eigenvalue weighted by atomic mass is 10.2. The number of anilines is 3. The lowest BCUT2D eigenvalue weighted by molar-refractivity contribution is 0.341. The minimum Gasteiger partial charge on any atom is -0.467 e. The predicted molar refractivity (Wildman–Crippen MR) is 77.0 cm³/mol. The van der Waals surface area contributed by atoms with Gasteiger partial charge in [-0.3, -0.25) is 0 Å². The molecule has 20 heavy (non-hydrogen) atoms. The molecule has 0 aliphatic rings. The molecule has 1 N–H and O–H groups in total. The van der Waals surface area contributed by atoms with Gasteiger partial charge >= 0.3 is 12.0 Å². The van der Waals surface area contributed by atoms with Crippen molar-refractivity contribution in [3.05, 3.63) is 24.3 Å². The topological polar surface area (TPSA) is 72.4 Å². The van der Waals surface area contributed by atoms with E-state index in [2.05, 4.69) is 20.3 Å². The van der Waals surface area contributed by atoms with E-state index in [-0.39, 0.29) is 12.0 Å². The van der Waals surface area contributed by atoms with E-state index in [4.69, 9.17) is 9.47 Å². The predicted octanol–water partition coefficient (Wildman–Crippen LogP) is 1.70. The summed E-state index contributed by atoms with van der Waals surface area (Å²) < 4.78 is 9.99. The molecule has 0 aliphatic heterocycles. The van der Waals surface area contributed by atoms with Gasteiger partial charge in [-0.15, -0.1) is 4.98 Å². The molecule has 2 aromatic rings. The largest absolute Gasteiger partial charge is 0.467 e. The summed E-state index contributed by atoms with van der Waals surface area (Å²) in [6.07, 6.45) is 0. The minimum absolute atomic E-state index is 0.198. The van der Waals surface area contributed by atoms with Crippen molar-refractivity contribution < 1.29 is 9.47 Å². The molecule has 0 saturated carbocycles. The van der Waals surface area contributed by atoms with Crippen LogP contribution in [0, 0.1) is 0 Å². The summed E-state index contributed by atoms with van der Waals surface area (Å²) in [6.45, 7) is 0. The average Bonchev–Trinajstić information content (AvgIpc) is 2.47. The number of rotatable bonds is 5. The van der Waals surface area contributed by atoms with Crippen LogP contribution >= 0.6 is 0 Å². The maximum atomic E-state index is 5.00. The fourth-order valence-electron chi connectivity index (χ4n) is 1.55. The number of methoxy groups -OCH3 is 2. The van der Waals surface area contributed by atoms with Crippen molar-refractivity contribution in [2.45, 2.75) is 0 Å². The molecule has 0 spiro atoms. The van der Waals surface area contributed by atoms with Crippen LogP contribution in [0.15, 0.2) is 24.3 Å². The Morgan fingerprint density at radius 1 is 0.900 bits per heavy atom. The molecule has 7 nitrogen and oxygen atoms in total. The van der Waals surface area contributed by atoms with Crippen LogP contribution in [0.5, 0.6) is 12.0 Å². The summed E-state index contributed by atoms with van der Waals surface area (Å²) in [6, 6.07) is 8.28. The zero-order chi connectivity index (χ0) is 14.5. The molecule has 0 saturated heterocycles. The highest BCUT2D eigenvalue weighted by Crippen LogP contribution is 2.20. The van der Waals surface area contributed by atoms with Gasteiger partial charge in [0.05, 0.1) is 14.2 Å². The van der Waals surface area contributed by atoms with E-state index in [9.17, 15) is 0 Å². The molecule has 0 aliphatic carbocycles. The van der Waals surface area contributed by atoms with Crippen molar-refractivity contribution in [3.8, 4) is 12.0 Å². The number of nitrogens with one attached hydrogen (secondary N) is 1. The first-order chi connectivity index (χ1) is 9.62. The van der Waals surface area contributed by atoms with Crippen molar-refractivity contribution in [3.63, 3.8) is 0 Å². The van der Waals surface area contributed by atoms with Gasteiger partial charge in [-0.1, -0.05) is 0 Å². The number of ether oxygens (including phenoxy) is 2. The van der Waals surface area contributed by atoms with Crippen molar-refractivity contribution in [1.82, 2.24) is 15.0 Å². The first-order valence-corrected chi connectivity index (χ1v) is 6.01. The third kappa shape index (κ3) is 3.25. The van der Waals surface area contributed by atoms with Crippen LogP contribution in [0.2, 0.25) is 0 Å². The first kappa shape index (κ1) is 13.9. The van der Waals surface area contributed by atoms with E-state index < -0.39 is 0 Å². The monoisotopic (exact) mass is 275 g/mol. The van der Waals surface area contributed by atoms with Crippen LogP contribution in [-0.4, -0.2) is 43.3 Å². The zero-order valence-corrected chi connectivity index (χ0v) is 11.9. The van der Waals surface area contributed by atoms with Crippen LogP contribution in [-0.2, 0) is 0 Å². The van der Waals surface area contributed by atoms with Gasteiger partial charge in [-0.05, 0) is 24.3 Å². The zero-order valence-electron chi connectivity index (χ0n) is 11.9. The molecule has 0 unspecified atom stereocenters. The maximum absolute atomic E-state index is 5.00. The second-order valence-corrected chi connectivity index (χ2v) is 4.20. The molecule has 0 amide bonds. The van der Waals surface area contributed by atoms with Crippen LogP contribution in [0.25, 0.3) is 0 Å². The molecule has 1 aromatic heterocycles. The fourth-order valence-corrected chi connectivity index (χ4v) is 1.55. The van der Waals surface area contributed by atoms with Gasteiger partial charge in [0.25, 0.3) is 0 Å². The maximum Gasteiger partial charge on any atom is 0.324 e. The average molecular weight is 275 g/mol. The molecule has 1 aromatic carbocycles. The molecule has 2 rings (SSSR count). The molecule has 0 atom stereocenters. The lowest BCUT2D eigenvalue weighted by Gasteiger charge is -2.13. The fraction of sp³-hybridized carbons (Fsp3) is 0.308. The quantitative estimate of drug-likeness (QED) is 0.890. The number of hydrogen-bond donors (Lipinski definition) is 1. The van der Waals surface area contributed by atoms with Gasteiger partial charge in [0, 0.05) is 25.5 Å². The highest BCUT2D eigenvalue weighted by molar-refractivity contribution is 5.59. The first-order valence-electron chi connectivity index (χ1n) is 6.01. The normalized spacial score (nSPS) is 10.0. The van der Waals surface area contributed by atoms with Crippen molar-refractivity contribution in [1.29, 1.82) is 0 Å². The Bertz CT molecular complexity index is 549. The molecular weight excluding hydrogens is 258 g/mol. The standard InChI is InChI=1S/C13H17N5O2/c1-18(2)10-7-5-9(6-8-10)14-11-15-12(19-3)17-13(16-11)20-4/h5-8H,1-4H3,(H,14,15,16,17). The van der Waals surface area contributed by atoms with Crippen LogP contribution in [0.4, 0.5) is 17.3 Å². The Hall–Kier alpha value is -2.57. The minimum atomic E-state index is 0.198. The molecule has 106 valence electrons. The van der Waals surface area contributed by atoms with Crippen LogP contribution in [0.3, 0.4) is 0 Å². The third-order valence-corrected chi connectivity index (χ3v) is 2.60. The second kappa shape index (κ2) is 6.05. The molecule has 0 radical (unpaired) electrons. The van der Waals surface area contributed by atoms with E-state index in [1.54, 1.807) is 0 Å². The van der Waals surface area contributed by atoms with E-state index >= 15 is 0 Å². The van der Waals surface area contributed by atoms with Crippen LogP contribution < -0.4 is 19.7 Å². The molecule has 1 heterocycles. The van der Waals surface area contributed by atoms with Gasteiger partial charge < -0.3 is 19.7 Å². The van der Waals surface area contributed by atoms with Crippen molar-refractivity contribution in [2.75, 3.05) is 38.5 Å². The van der Waals surface area contributed by atoms with Gasteiger partial charge in [0.1, 0.15) is 0 Å². The summed E-state index contributed by atoms with van der Waals surface area (Å²) in [4.78, 5) is 14.2. The van der Waals surface area contributed by atoms with E-state index in [1.807, 2.05) is 43.3 Å². The summed E-state index contributed by atoms with van der Waals surface area (Å²) in [5, 5.41) is 3.08. The molecule has 0 fully saturated rings. The third-order valence-electron chi connectivity index (χ3n) is 2.60. The van der Waals surface area contributed by atoms with Gasteiger partial charge in [-0.25, -0.2) is 0 Å². The summed E-state index contributed by atoms with van der Waals surface area (Å²) in [5.74, 6) is 0.367. The number of nitrogens with zero attached hydrogens (tertiary/aromatic N) is 4. The molecule has 0 bridgehead atoms. The smallest absolute Gasteiger partial charge is 0.324 e. The van der Waals surface area contributed by atoms with E-state index in [0.29, 0.717) is 5.95 Å². The van der Waals surface area contributed by atoms with Gasteiger partial charge in [0.2, 0.25) is 5.95 Å². The lowest BCUT2D eigenvalue weighted by Crippen LogP contribution is -2.08. The Morgan fingerprint density at radius 3 is 1.90 bits per heavy atom. The van der Waals surface area contributed by atoms with Gasteiger partial charge in [0.15, 0.2) is 0 Å². The van der Waals surface area contributed by atoms with E-state index in [1.165, 1.54) is 14.2 Å². The Morgan fingerprint density at radius 2 is 1.45 bits per heavy atom. The summed E-state index contributed by atoms with van der Waals surface area (Å²) in [7, 11) is 6.96. The summed E-state index contributed by atoms with van der Waals surface area (Å²) in [5.41, 5.74) is 1.98. The van der Waals surface area contributed by atoms with E-state index in [0.717, 1.165) is 11.4 Å². The SMILES string of the molecule is COc1nc(Nc2ccc(N(C)C)cc2)nc(OC)n1. The second-order valence-electron chi connectivity index (χ2n) is 4.20. The Balaban J connectivity index is 2.20. The Labute approximate surface area is 117 Å². The number of benzene rings is 1. The molecular formula is C13H17N5O2. The Kier molecular flexibility index (Phi) is 4.19. The number of hydrogen-bond acceptors (Lipinski definition) is 7. The van der Waals surface area contributed by atoms with Crippen molar-refractivity contribution in [2.24, 2.45) is 0 Å². The number of aromatic nitrogens is 3. The highest BCUT2D eigenvalue weighted by atomic mass is 16.5. The summed E-state index contributed by atoms with van der Waals surface area (Å²) >= 11 is 0. The van der Waals surface area contributed by atoms with Gasteiger partial charge in [-0.2, -0.15) is 9.97 Å². The molecule has 7 heteroatoms. The van der Waals surface area contributed by atoms with Crippen molar-refractivity contribution >= 4 is 17.3 Å². The van der Waals surface area contributed by atoms with Crippen LogP contribution in [0.1, 0.15) is 0 Å².